The molecule has 2 heterocycles. The molecule has 7 nitrogen and oxygen atoms in total. The number of carbonyl (C=O) groups excluding carboxylic acids is 3. The van der Waals surface area contributed by atoms with Crippen LogP contribution in [0, 0.1) is 12.7 Å². The number of halogens is 1. The topological polar surface area (TPSA) is 82.9 Å². The first-order valence-electron chi connectivity index (χ1n) is 9.06. The number of hydrogen-bond acceptors (Lipinski definition) is 4. The molecular weight excluding hydrogens is 365 g/mol. The Hall–Kier alpha value is -3.16. The highest BCUT2D eigenvalue weighted by Gasteiger charge is 2.24. The number of piperazine rings is 1. The van der Waals surface area contributed by atoms with Gasteiger partial charge < -0.3 is 19.5 Å². The van der Waals surface area contributed by atoms with Gasteiger partial charge in [-0.15, -0.1) is 0 Å². The quantitative estimate of drug-likeness (QED) is 0.840. The zero-order chi connectivity index (χ0) is 20.1. The van der Waals surface area contributed by atoms with Crippen LogP contribution in [0.5, 0.6) is 0 Å². The zero-order valence-electron chi connectivity index (χ0n) is 15.6. The van der Waals surface area contributed by atoms with Gasteiger partial charge in [-0.05, 0) is 30.7 Å². The average Bonchev–Trinajstić information content (AvgIpc) is 3.13. The Morgan fingerprint density at radius 1 is 1.00 bits per heavy atom. The number of carbonyl (C=O) groups is 3. The van der Waals surface area contributed by atoms with Crippen molar-refractivity contribution in [2.75, 3.05) is 32.7 Å². The van der Waals surface area contributed by atoms with Crippen molar-refractivity contribution in [3.05, 3.63) is 59.3 Å². The lowest BCUT2D eigenvalue weighted by Crippen LogP contribution is -2.52. The van der Waals surface area contributed by atoms with Crippen LogP contribution >= 0.6 is 0 Å². The van der Waals surface area contributed by atoms with E-state index in [1.54, 1.807) is 34.9 Å². The molecule has 1 aliphatic rings. The van der Waals surface area contributed by atoms with Gasteiger partial charge in [-0.2, -0.15) is 0 Å². The second-order valence-electron chi connectivity index (χ2n) is 6.64. The SMILES string of the molecule is Cc1occc1C(=O)NCC(=O)N1CCN(C(=O)Cc2ccc(F)cc2)CC1. The van der Waals surface area contributed by atoms with E-state index in [1.165, 1.54) is 18.4 Å². The molecule has 0 saturated carbocycles. The number of rotatable bonds is 5. The Balaban J connectivity index is 1.43. The Labute approximate surface area is 162 Å². The van der Waals surface area contributed by atoms with Crippen molar-refractivity contribution in [2.45, 2.75) is 13.3 Å². The molecule has 28 heavy (non-hydrogen) atoms. The van der Waals surface area contributed by atoms with Crippen LogP contribution < -0.4 is 5.32 Å². The van der Waals surface area contributed by atoms with Crippen molar-refractivity contribution < 1.29 is 23.2 Å². The molecule has 8 heteroatoms. The second kappa shape index (κ2) is 8.69. The van der Waals surface area contributed by atoms with E-state index in [0.29, 0.717) is 37.5 Å². The fourth-order valence-corrected chi connectivity index (χ4v) is 3.08. The molecule has 0 bridgehead atoms. The molecule has 1 aromatic heterocycles. The second-order valence-corrected chi connectivity index (χ2v) is 6.64. The first kappa shape index (κ1) is 19.6. The van der Waals surface area contributed by atoms with Crippen LogP contribution in [0.25, 0.3) is 0 Å². The predicted octanol–water partition coefficient (Wildman–Crippen LogP) is 1.37. The minimum Gasteiger partial charge on any atom is -0.469 e. The third-order valence-corrected chi connectivity index (χ3v) is 4.76. The van der Waals surface area contributed by atoms with E-state index in [2.05, 4.69) is 5.32 Å². The third kappa shape index (κ3) is 4.76. The monoisotopic (exact) mass is 387 g/mol. The number of nitrogens with one attached hydrogen (secondary N) is 1. The summed E-state index contributed by atoms with van der Waals surface area (Å²) < 4.78 is 18.0. The van der Waals surface area contributed by atoms with Crippen molar-refractivity contribution in [3.8, 4) is 0 Å². The molecule has 0 unspecified atom stereocenters. The normalized spacial score (nSPS) is 14.1. The highest BCUT2D eigenvalue weighted by molar-refractivity contribution is 5.97. The third-order valence-electron chi connectivity index (χ3n) is 4.76. The van der Waals surface area contributed by atoms with Crippen LogP contribution in [0.15, 0.2) is 41.0 Å². The maximum absolute atomic E-state index is 12.9. The predicted molar refractivity (Wildman–Crippen MR) is 99.0 cm³/mol. The van der Waals surface area contributed by atoms with Crippen LogP contribution in [0.2, 0.25) is 0 Å². The molecule has 0 atom stereocenters. The molecule has 148 valence electrons. The number of furan rings is 1. The molecule has 0 radical (unpaired) electrons. The highest BCUT2D eigenvalue weighted by atomic mass is 19.1. The van der Waals surface area contributed by atoms with Crippen molar-refractivity contribution in [2.24, 2.45) is 0 Å². The molecule has 0 aliphatic carbocycles. The molecule has 0 spiro atoms. The lowest BCUT2D eigenvalue weighted by atomic mass is 10.1. The Morgan fingerprint density at radius 3 is 2.18 bits per heavy atom. The number of hydrogen-bond donors (Lipinski definition) is 1. The number of benzene rings is 1. The summed E-state index contributed by atoms with van der Waals surface area (Å²) in [5, 5.41) is 2.59. The molecule has 1 fully saturated rings. The molecule has 1 aromatic carbocycles. The van der Waals surface area contributed by atoms with E-state index in [0.717, 1.165) is 5.56 Å². The van der Waals surface area contributed by atoms with Crippen LogP contribution in [-0.2, 0) is 16.0 Å². The van der Waals surface area contributed by atoms with Crippen molar-refractivity contribution in [1.29, 1.82) is 0 Å². The number of aryl methyl sites for hydroxylation is 1. The van der Waals surface area contributed by atoms with Crippen molar-refractivity contribution >= 4 is 17.7 Å². The summed E-state index contributed by atoms with van der Waals surface area (Å²) in [5.41, 5.74) is 1.16. The van der Waals surface area contributed by atoms with E-state index < -0.39 is 0 Å². The molecule has 3 rings (SSSR count). The molecule has 2 aromatic rings. The standard InChI is InChI=1S/C20H22FN3O4/c1-14-17(6-11-28-14)20(27)22-13-19(26)24-9-7-23(8-10-24)18(25)12-15-2-4-16(21)5-3-15/h2-6,11H,7-10,12-13H2,1H3,(H,22,27). The Morgan fingerprint density at radius 2 is 1.61 bits per heavy atom. The van der Waals surface area contributed by atoms with Gasteiger partial charge >= 0.3 is 0 Å². The Kier molecular flexibility index (Phi) is 6.08. The Bertz CT molecular complexity index is 855. The summed E-state index contributed by atoms with van der Waals surface area (Å²) >= 11 is 0. The van der Waals surface area contributed by atoms with Crippen molar-refractivity contribution in [1.82, 2.24) is 15.1 Å². The van der Waals surface area contributed by atoms with Crippen LogP contribution in [-0.4, -0.2) is 60.2 Å². The van der Waals surface area contributed by atoms with E-state index in [1.807, 2.05) is 0 Å². The van der Waals surface area contributed by atoms with Crippen LogP contribution in [0.1, 0.15) is 21.7 Å². The van der Waals surface area contributed by atoms with E-state index in [-0.39, 0.29) is 36.5 Å². The summed E-state index contributed by atoms with van der Waals surface area (Å²) in [7, 11) is 0. The molecular formula is C20H22FN3O4. The number of amides is 3. The lowest BCUT2D eigenvalue weighted by molar-refractivity contribution is -0.138. The zero-order valence-corrected chi connectivity index (χ0v) is 15.6. The van der Waals surface area contributed by atoms with Gasteiger partial charge in [-0.3, -0.25) is 14.4 Å². The van der Waals surface area contributed by atoms with Gasteiger partial charge in [0, 0.05) is 26.2 Å². The average molecular weight is 387 g/mol. The highest BCUT2D eigenvalue weighted by Crippen LogP contribution is 2.10. The minimum absolute atomic E-state index is 0.0533. The minimum atomic E-state index is -0.354. The molecule has 1 aliphatic heterocycles. The van der Waals surface area contributed by atoms with Gasteiger partial charge in [0.15, 0.2) is 0 Å². The van der Waals surface area contributed by atoms with E-state index in [9.17, 15) is 18.8 Å². The van der Waals surface area contributed by atoms with Gasteiger partial charge in [0.05, 0.1) is 24.8 Å². The fraction of sp³-hybridized carbons (Fsp3) is 0.350. The van der Waals surface area contributed by atoms with Crippen LogP contribution in [0.4, 0.5) is 4.39 Å². The van der Waals surface area contributed by atoms with Gasteiger partial charge in [0.2, 0.25) is 11.8 Å². The maximum Gasteiger partial charge on any atom is 0.255 e. The molecule has 1 saturated heterocycles. The fourth-order valence-electron chi connectivity index (χ4n) is 3.08. The largest absolute Gasteiger partial charge is 0.469 e. The number of nitrogens with zero attached hydrogens (tertiary/aromatic N) is 2. The smallest absolute Gasteiger partial charge is 0.255 e. The van der Waals surface area contributed by atoms with E-state index in [4.69, 9.17) is 4.42 Å². The van der Waals surface area contributed by atoms with E-state index >= 15 is 0 Å². The molecule has 3 amide bonds. The maximum atomic E-state index is 12.9. The first-order chi connectivity index (χ1) is 13.4. The summed E-state index contributed by atoms with van der Waals surface area (Å²) in [6.45, 7) is 3.26. The van der Waals surface area contributed by atoms with Gasteiger partial charge in [-0.1, -0.05) is 12.1 Å². The summed E-state index contributed by atoms with van der Waals surface area (Å²) in [4.78, 5) is 40.0. The molecule has 1 N–H and O–H groups in total. The van der Waals surface area contributed by atoms with Gasteiger partial charge in [0.1, 0.15) is 11.6 Å². The summed E-state index contributed by atoms with van der Waals surface area (Å²) in [6.07, 6.45) is 1.63. The first-order valence-corrected chi connectivity index (χ1v) is 9.06. The van der Waals surface area contributed by atoms with Crippen LogP contribution in [0.3, 0.4) is 0 Å². The van der Waals surface area contributed by atoms with Gasteiger partial charge in [-0.25, -0.2) is 4.39 Å². The van der Waals surface area contributed by atoms with Gasteiger partial charge in [0.25, 0.3) is 5.91 Å². The lowest BCUT2D eigenvalue weighted by Gasteiger charge is -2.35. The van der Waals surface area contributed by atoms with Crippen molar-refractivity contribution in [3.63, 3.8) is 0 Å². The summed E-state index contributed by atoms with van der Waals surface area (Å²) in [6, 6.07) is 7.41. The summed E-state index contributed by atoms with van der Waals surface area (Å²) in [5.74, 6) is -0.438.